The van der Waals surface area contributed by atoms with E-state index in [9.17, 15) is 13.2 Å². The second-order valence-electron chi connectivity index (χ2n) is 5.95. The number of rotatable bonds is 6. The second-order valence-corrected chi connectivity index (χ2v) is 8.21. The van der Waals surface area contributed by atoms with Crippen molar-refractivity contribution in [3.63, 3.8) is 0 Å². The average molecular weight is 324 g/mol. The van der Waals surface area contributed by atoms with Crippen LogP contribution >= 0.6 is 0 Å². The maximum absolute atomic E-state index is 12.7. The molecule has 0 saturated carbocycles. The van der Waals surface area contributed by atoms with Gasteiger partial charge < -0.3 is 4.90 Å². The molecule has 1 fully saturated rings. The van der Waals surface area contributed by atoms with Gasteiger partial charge in [0, 0.05) is 18.5 Å². The van der Waals surface area contributed by atoms with Crippen molar-refractivity contribution in [1.29, 1.82) is 0 Å². The first-order chi connectivity index (χ1) is 10.4. The van der Waals surface area contributed by atoms with Crippen molar-refractivity contribution in [3.05, 3.63) is 30.3 Å². The molecular formula is C16H24N2O3S. The largest absolute Gasteiger partial charge is 0.311 e. The minimum Gasteiger partial charge on any atom is -0.311 e. The van der Waals surface area contributed by atoms with Gasteiger partial charge in [0.1, 0.15) is 9.84 Å². The Bertz CT molecular complexity index is 601. The van der Waals surface area contributed by atoms with Crippen LogP contribution in [0.1, 0.15) is 19.3 Å². The molecule has 1 aromatic carbocycles. The molecule has 1 atom stereocenters. The third-order valence-corrected chi connectivity index (χ3v) is 5.07. The molecule has 1 saturated heterocycles. The van der Waals surface area contributed by atoms with E-state index in [1.807, 2.05) is 47.2 Å². The Hall–Kier alpha value is -1.40. The van der Waals surface area contributed by atoms with Gasteiger partial charge in [0.25, 0.3) is 0 Å². The summed E-state index contributed by atoms with van der Waals surface area (Å²) in [6.07, 6.45) is 3.60. The Morgan fingerprint density at radius 1 is 1.27 bits per heavy atom. The van der Waals surface area contributed by atoms with Gasteiger partial charge in [-0.25, -0.2) is 8.42 Å². The van der Waals surface area contributed by atoms with Crippen molar-refractivity contribution in [1.82, 2.24) is 4.90 Å². The predicted molar refractivity (Wildman–Crippen MR) is 88.8 cm³/mol. The summed E-state index contributed by atoms with van der Waals surface area (Å²) in [6, 6.07) is 9.54. The van der Waals surface area contributed by atoms with Gasteiger partial charge in [-0.3, -0.25) is 9.69 Å². The highest BCUT2D eigenvalue weighted by Gasteiger charge is 2.32. The fourth-order valence-electron chi connectivity index (χ4n) is 2.86. The number of benzene rings is 1. The molecule has 5 nitrogen and oxygen atoms in total. The lowest BCUT2D eigenvalue weighted by molar-refractivity contribution is -0.124. The topological polar surface area (TPSA) is 57.7 Å². The van der Waals surface area contributed by atoms with Crippen LogP contribution in [-0.2, 0) is 14.6 Å². The highest BCUT2D eigenvalue weighted by Crippen LogP contribution is 2.23. The molecule has 1 heterocycles. The first-order valence-corrected chi connectivity index (χ1v) is 9.69. The molecule has 6 heteroatoms. The molecule has 1 amide bonds. The summed E-state index contributed by atoms with van der Waals surface area (Å²) < 4.78 is 22.4. The summed E-state index contributed by atoms with van der Waals surface area (Å²) in [5.41, 5.74) is 0.932. The SMILES string of the molecule is CN(CCCS(C)(=O)=O)[C@H]1CCCN(c2ccccc2)C1=O. The summed E-state index contributed by atoms with van der Waals surface area (Å²) in [6.45, 7) is 1.36. The molecular weight excluding hydrogens is 300 g/mol. The number of likely N-dealkylation sites (N-methyl/N-ethyl adjacent to an activating group) is 1. The van der Waals surface area contributed by atoms with Crippen molar-refractivity contribution in [2.75, 3.05) is 37.0 Å². The van der Waals surface area contributed by atoms with Crippen LogP contribution < -0.4 is 4.90 Å². The van der Waals surface area contributed by atoms with Crippen LogP contribution in [0.15, 0.2) is 30.3 Å². The van der Waals surface area contributed by atoms with Crippen LogP contribution in [-0.4, -0.2) is 57.4 Å². The van der Waals surface area contributed by atoms with Crippen LogP contribution in [0.25, 0.3) is 0 Å². The van der Waals surface area contributed by atoms with E-state index in [0.29, 0.717) is 13.0 Å². The zero-order valence-electron chi connectivity index (χ0n) is 13.2. The summed E-state index contributed by atoms with van der Waals surface area (Å²) in [5.74, 6) is 0.278. The number of nitrogens with zero attached hydrogens (tertiary/aromatic N) is 2. The van der Waals surface area contributed by atoms with Crippen LogP contribution in [0.4, 0.5) is 5.69 Å². The monoisotopic (exact) mass is 324 g/mol. The Kier molecular flexibility index (Phi) is 5.58. The smallest absolute Gasteiger partial charge is 0.244 e. The van der Waals surface area contributed by atoms with Crippen LogP contribution in [0.3, 0.4) is 0 Å². The maximum atomic E-state index is 12.7. The van der Waals surface area contributed by atoms with E-state index in [4.69, 9.17) is 0 Å². The van der Waals surface area contributed by atoms with Gasteiger partial charge in [0.2, 0.25) is 5.91 Å². The Balaban J connectivity index is 1.97. The van der Waals surface area contributed by atoms with Gasteiger partial charge in [0.15, 0.2) is 0 Å². The summed E-state index contributed by atoms with van der Waals surface area (Å²) in [7, 11) is -1.04. The number of piperidine rings is 1. The van der Waals surface area contributed by atoms with Crippen molar-refractivity contribution in [2.24, 2.45) is 0 Å². The summed E-state index contributed by atoms with van der Waals surface area (Å²) >= 11 is 0. The lowest BCUT2D eigenvalue weighted by Gasteiger charge is -2.36. The number of amides is 1. The molecule has 122 valence electrons. The van der Waals surface area contributed by atoms with Crippen molar-refractivity contribution in [2.45, 2.75) is 25.3 Å². The molecule has 0 N–H and O–H groups in total. The fraction of sp³-hybridized carbons (Fsp3) is 0.562. The quantitative estimate of drug-likeness (QED) is 0.797. The molecule has 1 aliphatic heterocycles. The number of para-hydroxylation sites is 1. The molecule has 0 radical (unpaired) electrons. The zero-order chi connectivity index (χ0) is 16.2. The number of hydrogen-bond donors (Lipinski definition) is 0. The van der Waals surface area contributed by atoms with E-state index < -0.39 is 9.84 Å². The first kappa shape index (κ1) is 17.0. The highest BCUT2D eigenvalue weighted by atomic mass is 32.2. The molecule has 1 aromatic rings. The number of anilines is 1. The molecule has 22 heavy (non-hydrogen) atoms. The van der Waals surface area contributed by atoms with E-state index in [2.05, 4.69) is 0 Å². The number of carbonyl (C=O) groups is 1. The van der Waals surface area contributed by atoms with Gasteiger partial charge in [-0.2, -0.15) is 0 Å². The van der Waals surface area contributed by atoms with Crippen LogP contribution in [0, 0.1) is 0 Å². The van der Waals surface area contributed by atoms with Gasteiger partial charge in [-0.1, -0.05) is 18.2 Å². The predicted octanol–water partition coefficient (Wildman–Crippen LogP) is 1.55. The minimum atomic E-state index is -2.94. The standard InChI is InChI=1S/C16H24N2O3S/c1-17(11-7-13-22(2,20)21)15-10-6-12-18(16(15)19)14-8-4-3-5-9-14/h3-5,8-9,15H,6-7,10-13H2,1-2H3/t15-/m0/s1. The fourth-order valence-corrected chi connectivity index (χ4v) is 3.51. The van der Waals surface area contributed by atoms with Crippen LogP contribution in [0.2, 0.25) is 0 Å². The lowest BCUT2D eigenvalue weighted by Crippen LogP contribution is -2.51. The van der Waals surface area contributed by atoms with Crippen LogP contribution in [0.5, 0.6) is 0 Å². The third-order valence-electron chi connectivity index (χ3n) is 4.04. The van der Waals surface area contributed by atoms with E-state index in [0.717, 1.165) is 25.1 Å². The zero-order valence-corrected chi connectivity index (χ0v) is 14.1. The average Bonchev–Trinajstić information content (AvgIpc) is 2.47. The number of sulfone groups is 1. The van der Waals surface area contributed by atoms with Crippen molar-refractivity contribution in [3.8, 4) is 0 Å². The van der Waals surface area contributed by atoms with Crippen molar-refractivity contribution < 1.29 is 13.2 Å². The van der Waals surface area contributed by atoms with E-state index in [-0.39, 0.29) is 17.7 Å². The molecule has 0 spiro atoms. The van der Waals surface area contributed by atoms with E-state index >= 15 is 0 Å². The lowest BCUT2D eigenvalue weighted by atomic mass is 10.0. The summed E-state index contributed by atoms with van der Waals surface area (Å²) in [4.78, 5) is 16.5. The van der Waals surface area contributed by atoms with E-state index in [1.54, 1.807) is 0 Å². The van der Waals surface area contributed by atoms with Gasteiger partial charge in [0.05, 0.1) is 11.8 Å². The van der Waals surface area contributed by atoms with Gasteiger partial charge in [-0.15, -0.1) is 0 Å². The summed E-state index contributed by atoms with van der Waals surface area (Å²) in [5, 5.41) is 0. The van der Waals surface area contributed by atoms with Crippen molar-refractivity contribution >= 4 is 21.4 Å². The first-order valence-electron chi connectivity index (χ1n) is 7.63. The molecule has 1 aliphatic rings. The molecule has 0 aromatic heterocycles. The van der Waals surface area contributed by atoms with Gasteiger partial charge in [-0.05, 0) is 45.0 Å². The van der Waals surface area contributed by atoms with Gasteiger partial charge >= 0.3 is 0 Å². The molecule has 2 rings (SSSR count). The molecule has 0 bridgehead atoms. The normalized spacial score (nSPS) is 19.7. The Morgan fingerprint density at radius 2 is 1.95 bits per heavy atom. The number of hydrogen-bond acceptors (Lipinski definition) is 4. The molecule has 0 unspecified atom stereocenters. The second kappa shape index (κ2) is 7.24. The Labute approximate surface area is 132 Å². The highest BCUT2D eigenvalue weighted by molar-refractivity contribution is 7.90. The molecule has 0 aliphatic carbocycles. The Morgan fingerprint density at radius 3 is 2.59 bits per heavy atom. The minimum absolute atomic E-state index is 0.110. The third kappa shape index (κ3) is 4.55. The number of carbonyl (C=O) groups excluding carboxylic acids is 1. The van der Waals surface area contributed by atoms with E-state index in [1.165, 1.54) is 6.26 Å². The maximum Gasteiger partial charge on any atom is 0.244 e.